The number of rotatable bonds is 9. The van der Waals surface area contributed by atoms with Gasteiger partial charge in [-0.15, -0.1) is 0 Å². The standard InChI is InChI=1S/C19H36N2O2/c1-14(12-19(3,4)10-11-20-5)13-21-18(23)17-8-6-16(7-9-17)15(2)22/h14,16-17,20H,6-13H2,1-5H3,(H,21,23). The van der Waals surface area contributed by atoms with Gasteiger partial charge in [0.15, 0.2) is 0 Å². The van der Waals surface area contributed by atoms with Crippen LogP contribution in [0, 0.1) is 23.2 Å². The molecular weight excluding hydrogens is 288 g/mol. The SMILES string of the molecule is CNCCC(C)(C)CC(C)CNC(=O)C1CCC(C(C)=O)CC1. The fraction of sp³-hybridized carbons (Fsp3) is 0.895. The fourth-order valence-corrected chi connectivity index (χ4v) is 3.76. The minimum absolute atomic E-state index is 0.107. The third kappa shape index (κ3) is 7.47. The molecule has 0 bridgehead atoms. The summed E-state index contributed by atoms with van der Waals surface area (Å²) in [6, 6.07) is 0. The van der Waals surface area contributed by atoms with E-state index in [1.54, 1.807) is 6.92 Å². The second kappa shape index (κ2) is 9.41. The minimum Gasteiger partial charge on any atom is -0.356 e. The van der Waals surface area contributed by atoms with Gasteiger partial charge in [-0.3, -0.25) is 9.59 Å². The summed E-state index contributed by atoms with van der Waals surface area (Å²) in [6.45, 7) is 10.3. The van der Waals surface area contributed by atoms with Crippen molar-refractivity contribution in [1.82, 2.24) is 10.6 Å². The molecular formula is C19H36N2O2. The molecule has 1 saturated carbocycles. The Labute approximate surface area is 142 Å². The van der Waals surface area contributed by atoms with Gasteiger partial charge in [0.2, 0.25) is 5.91 Å². The highest BCUT2D eigenvalue weighted by Crippen LogP contribution is 2.30. The van der Waals surface area contributed by atoms with Crippen LogP contribution in [0.3, 0.4) is 0 Å². The van der Waals surface area contributed by atoms with Gasteiger partial charge in [0, 0.05) is 18.4 Å². The Bertz CT molecular complexity index is 385. The van der Waals surface area contributed by atoms with Crippen LogP contribution in [0.15, 0.2) is 0 Å². The molecule has 0 spiro atoms. The summed E-state index contributed by atoms with van der Waals surface area (Å²) < 4.78 is 0. The van der Waals surface area contributed by atoms with Crippen LogP contribution >= 0.6 is 0 Å². The van der Waals surface area contributed by atoms with Crippen LogP contribution in [0.5, 0.6) is 0 Å². The largest absolute Gasteiger partial charge is 0.356 e. The van der Waals surface area contributed by atoms with Crippen molar-refractivity contribution in [2.24, 2.45) is 23.2 Å². The molecule has 0 saturated heterocycles. The Morgan fingerprint density at radius 2 is 1.70 bits per heavy atom. The van der Waals surface area contributed by atoms with E-state index in [0.29, 0.717) is 11.3 Å². The Morgan fingerprint density at radius 3 is 2.22 bits per heavy atom. The Kier molecular flexibility index (Phi) is 8.24. The predicted molar refractivity (Wildman–Crippen MR) is 95.2 cm³/mol. The minimum atomic E-state index is 0.107. The number of carbonyl (C=O) groups is 2. The lowest BCUT2D eigenvalue weighted by atomic mass is 9.79. The van der Waals surface area contributed by atoms with Gasteiger partial charge in [0.05, 0.1) is 0 Å². The molecule has 134 valence electrons. The molecule has 1 amide bonds. The lowest BCUT2D eigenvalue weighted by Crippen LogP contribution is -2.37. The average molecular weight is 325 g/mol. The maximum absolute atomic E-state index is 12.3. The van der Waals surface area contributed by atoms with Gasteiger partial charge >= 0.3 is 0 Å². The van der Waals surface area contributed by atoms with Crippen LogP contribution in [0.25, 0.3) is 0 Å². The van der Waals surface area contributed by atoms with E-state index < -0.39 is 0 Å². The monoisotopic (exact) mass is 324 g/mol. The highest BCUT2D eigenvalue weighted by atomic mass is 16.2. The number of hydrogen-bond donors (Lipinski definition) is 2. The maximum Gasteiger partial charge on any atom is 0.223 e. The van der Waals surface area contributed by atoms with E-state index in [2.05, 4.69) is 31.4 Å². The van der Waals surface area contributed by atoms with E-state index >= 15 is 0 Å². The molecule has 1 aliphatic carbocycles. The van der Waals surface area contributed by atoms with Gasteiger partial charge in [-0.05, 0) is 70.4 Å². The molecule has 4 nitrogen and oxygen atoms in total. The van der Waals surface area contributed by atoms with E-state index in [9.17, 15) is 9.59 Å². The van der Waals surface area contributed by atoms with Crippen LogP contribution in [0.4, 0.5) is 0 Å². The van der Waals surface area contributed by atoms with Gasteiger partial charge in [-0.2, -0.15) is 0 Å². The molecule has 23 heavy (non-hydrogen) atoms. The average Bonchev–Trinajstić information content (AvgIpc) is 2.50. The van der Waals surface area contributed by atoms with E-state index in [4.69, 9.17) is 0 Å². The molecule has 0 aliphatic heterocycles. The second-order valence-corrected chi connectivity index (χ2v) is 8.23. The van der Waals surface area contributed by atoms with Crippen LogP contribution in [0.1, 0.15) is 66.2 Å². The summed E-state index contributed by atoms with van der Waals surface area (Å²) in [4.78, 5) is 23.7. The molecule has 1 atom stereocenters. The van der Waals surface area contributed by atoms with Crippen molar-refractivity contribution in [3.63, 3.8) is 0 Å². The predicted octanol–water partition coefficient (Wildman–Crippen LogP) is 3.16. The molecule has 0 radical (unpaired) electrons. The molecule has 1 rings (SSSR count). The number of amides is 1. The number of hydrogen-bond acceptors (Lipinski definition) is 3. The lowest BCUT2D eigenvalue weighted by Gasteiger charge is -2.29. The van der Waals surface area contributed by atoms with Gasteiger partial charge in [-0.1, -0.05) is 20.8 Å². The maximum atomic E-state index is 12.3. The van der Waals surface area contributed by atoms with E-state index in [1.165, 1.54) is 0 Å². The second-order valence-electron chi connectivity index (χ2n) is 8.23. The van der Waals surface area contributed by atoms with Crippen molar-refractivity contribution in [2.75, 3.05) is 20.1 Å². The van der Waals surface area contributed by atoms with Crippen LogP contribution in [-0.4, -0.2) is 31.8 Å². The number of nitrogens with one attached hydrogen (secondary N) is 2. The molecule has 1 unspecified atom stereocenters. The molecule has 1 fully saturated rings. The third-order valence-electron chi connectivity index (χ3n) is 5.25. The van der Waals surface area contributed by atoms with Crippen molar-refractivity contribution in [1.29, 1.82) is 0 Å². The van der Waals surface area contributed by atoms with E-state index in [-0.39, 0.29) is 23.5 Å². The molecule has 0 aromatic carbocycles. The van der Waals surface area contributed by atoms with Crippen LogP contribution < -0.4 is 10.6 Å². The van der Waals surface area contributed by atoms with Crippen molar-refractivity contribution in [2.45, 2.75) is 66.2 Å². The molecule has 0 heterocycles. The molecule has 0 aromatic heterocycles. The smallest absolute Gasteiger partial charge is 0.223 e. The molecule has 0 aromatic rings. The normalized spacial score (nSPS) is 23.3. The Morgan fingerprint density at radius 1 is 1.13 bits per heavy atom. The van der Waals surface area contributed by atoms with Gasteiger partial charge in [-0.25, -0.2) is 0 Å². The van der Waals surface area contributed by atoms with E-state index in [0.717, 1.165) is 51.6 Å². The first-order valence-electron chi connectivity index (χ1n) is 9.18. The Balaban J connectivity index is 2.29. The summed E-state index contributed by atoms with van der Waals surface area (Å²) in [5.41, 5.74) is 0.298. The van der Waals surface area contributed by atoms with Crippen LogP contribution in [0.2, 0.25) is 0 Å². The number of Topliss-reactive ketones (excluding diaryl/α,β-unsaturated/α-hetero) is 1. The summed E-state index contributed by atoms with van der Waals surface area (Å²) in [7, 11) is 1.99. The van der Waals surface area contributed by atoms with Crippen LogP contribution in [-0.2, 0) is 9.59 Å². The number of carbonyl (C=O) groups excluding carboxylic acids is 2. The van der Waals surface area contributed by atoms with E-state index in [1.807, 2.05) is 7.05 Å². The lowest BCUT2D eigenvalue weighted by molar-refractivity contribution is -0.128. The fourth-order valence-electron chi connectivity index (χ4n) is 3.76. The quantitative estimate of drug-likeness (QED) is 0.685. The first-order chi connectivity index (χ1) is 10.7. The summed E-state index contributed by atoms with van der Waals surface area (Å²) in [6.07, 6.45) is 5.74. The van der Waals surface area contributed by atoms with Crippen molar-refractivity contribution in [3.05, 3.63) is 0 Å². The topological polar surface area (TPSA) is 58.2 Å². The molecule has 2 N–H and O–H groups in total. The first-order valence-corrected chi connectivity index (χ1v) is 9.18. The highest BCUT2D eigenvalue weighted by molar-refractivity contribution is 5.80. The zero-order chi connectivity index (χ0) is 17.5. The zero-order valence-corrected chi connectivity index (χ0v) is 15.7. The van der Waals surface area contributed by atoms with Gasteiger partial charge in [0.1, 0.15) is 5.78 Å². The summed E-state index contributed by atoms with van der Waals surface area (Å²) >= 11 is 0. The molecule has 1 aliphatic rings. The summed E-state index contributed by atoms with van der Waals surface area (Å²) in [5, 5.41) is 6.34. The summed E-state index contributed by atoms with van der Waals surface area (Å²) in [5.74, 6) is 1.24. The highest BCUT2D eigenvalue weighted by Gasteiger charge is 2.28. The van der Waals surface area contributed by atoms with Gasteiger partial charge in [0.25, 0.3) is 0 Å². The van der Waals surface area contributed by atoms with Crippen molar-refractivity contribution < 1.29 is 9.59 Å². The van der Waals surface area contributed by atoms with Crippen molar-refractivity contribution >= 4 is 11.7 Å². The number of ketones is 1. The zero-order valence-electron chi connectivity index (χ0n) is 15.7. The van der Waals surface area contributed by atoms with Gasteiger partial charge < -0.3 is 10.6 Å². The third-order valence-corrected chi connectivity index (χ3v) is 5.25. The Hall–Kier alpha value is -0.900. The molecule has 4 heteroatoms. The first kappa shape index (κ1) is 20.1. The van der Waals surface area contributed by atoms with Crippen molar-refractivity contribution in [3.8, 4) is 0 Å².